The van der Waals surface area contributed by atoms with Gasteiger partial charge in [-0.25, -0.2) is 4.39 Å². The van der Waals surface area contributed by atoms with Gasteiger partial charge in [0.25, 0.3) is 0 Å². The summed E-state index contributed by atoms with van der Waals surface area (Å²) < 4.78 is 13.5. The predicted octanol–water partition coefficient (Wildman–Crippen LogP) is 3.06. The molecule has 1 aliphatic rings. The molecular formula is C11H13ClFN. The summed E-state index contributed by atoms with van der Waals surface area (Å²) in [4.78, 5) is 0. The van der Waals surface area contributed by atoms with Crippen molar-refractivity contribution in [1.29, 1.82) is 0 Å². The van der Waals surface area contributed by atoms with Crippen molar-refractivity contribution >= 4 is 11.6 Å². The highest BCUT2D eigenvalue weighted by Gasteiger charge is 2.53. The molecule has 2 atom stereocenters. The third-order valence-corrected chi connectivity index (χ3v) is 3.39. The minimum atomic E-state index is -0.517. The minimum absolute atomic E-state index is 0.282. The quantitative estimate of drug-likeness (QED) is 0.803. The van der Waals surface area contributed by atoms with Gasteiger partial charge in [-0.3, -0.25) is 0 Å². The average molecular weight is 214 g/mol. The highest BCUT2D eigenvalue weighted by atomic mass is 35.5. The molecular weight excluding hydrogens is 201 g/mol. The molecule has 0 heterocycles. The van der Waals surface area contributed by atoms with Gasteiger partial charge in [-0.05, 0) is 24.5 Å². The summed E-state index contributed by atoms with van der Waals surface area (Å²) in [7, 11) is 0. The Kier molecular flexibility index (Phi) is 2.28. The van der Waals surface area contributed by atoms with Crippen LogP contribution in [0.15, 0.2) is 18.2 Å². The summed E-state index contributed by atoms with van der Waals surface area (Å²) in [6.45, 7) is 2.06. The SMILES string of the molecule is CCC1CC1(N)c1c(F)cccc1Cl. The van der Waals surface area contributed by atoms with Crippen molar-refractivity contribution in [1.82, 2.24) is 0 Å². The first-order valence-corrected chi connectivity index (χ1v) is 5.20. The van der Waals surface area contributed by atoms with E-state index in [-0.39, 0.29) is 5.82 Å². The molecule has 1 aliphatic carbocycles. The van der Waals surface area contributed by atoms with Gasteiger partial charge in [0.05, 0.1) is 0 Å². The van der Waals surface area contributed by atoms with Gasteiger partial charge in [0.2, 0.25) is 0 Å². The molecule has 0 radical (unpaired) electrons. The van der Waals surface area contributed by atoms with E-state index in [1.54, 1.807) is 12.1 Å². The van der Waals surface area contributed by atoms with Crippen LogP contribution < -0.4 is 5.73 Å². The second-order valence-corrected chi connectivity index (χ2v) is 4.35. The van der Waals surface area contributed by atoms with E-state index in [4.69, 9.17) is 17.3 Å². The van der Waals surface area contributed by atoms with Crippen molar-refractivity contribution in [2.75, 3.05) is 0 Å². The lowest BCUT2D eigenvalue weighted by Crippen LogP contribution is -2.24. The molecule has 3 heteroatoms. The van der Waals surface area contributed by atoms with Crippen molar-refractivity contribution in [2.45, 2.75) is 25.3 Å². The first-order chi connectivity index (χ1) is 6.59. The molecule has 2 unspecified atom stereocenters. The van der Waals surface area contributed by atoms with Crippen LogP contribution in [0, 0.1) is 11.7 Å². The van der Waals surface area contributed by atoms with Gasteiger partial charge in [0, 0.05) is 16.1 Å². The molecule has 2 rings (SSSR count). The van der Waals surface area contributed by atoms with E-state index in [1.807, 2.05) is 0 Å². The Morgan fingerprint density at radius 1 is 1.64 bits per heavy atom. The second-order valence-electron chi connectivity index (χ2n) is 3.95. The topological polar surface area (TPSA) is 26.0 Å². The molecule has 1 saturated carbocycles. The molecule has 1 nitrogen and oxygen atoms in total. The second kappa shape index (κ2) is 3.21. The maximum atomic E-state index is 13.5. The fraction of sp³-hybridized carbons (Fsp3) is 0.455. The van der Waals surface area contributed by atoms with Crippen LogP contribution in [0.5, 0.6) is 0 Å². The molecule has 0 aromatic heterocycles. The fourth-order valence-corrected chi connectivity index (χ4v) is 2.44. The van der Waals surface area contributed by atoms with Crippen LogP contribution in [0.3, 0.4) is 0 Å². The van der Waals surface area contributed by atoms with Crippen molar-refractivity contribution in [3.63, 3.8) is 0 Å². The normalized spacial score (nSPS) is 30.4. The number of nitrogens with two attached hydrogens (primary N) is 1. The lowest BCUT2D eigenvalue weighted by atomic mass is 10.0. The van der Waals surface area contributed by atoms with Gasteiger partial charge in [0.1, 0.15) is 5.82 Å². The number of halogens is 2. The summed E-state index contributed by atoms with van der Waals surface area (Å²) in [5, 5.41) is 0.448. The number of hydrogen-bond acceptors (Lipinski definition) is 1. The zero-order valence-corrected chi connectivity index (χ0v) is 8.81. The van der Waals surface area contributed by atoms with Crippen LogP contribution in [0.1, 0.15) is 25.3 Å². The molecule has 0 spiro atoms. The molecule has 0 aliphatic heterocycles. The third-order valence-electron chi connectivity index (χ3n) is 3.07. The van der Waals surface area contributed by atoms with Gasteiger partial charge in [0.15, 0.2) is 0 Å². The van der Waals surface area contributed by atoms with E-state index >= 15 is 0 Å². The number of hydrogen-bond donors (Lipinski definition) is 1. The van der Waals surface area contributed by atoms with E-state index in [9.17, 15) is 4.39 Å². The van der Waals surface area contributed by atoms with Gasteiger partial charge in [-0.15, -0.1) is 0 Å². The Morgan fingerprint density at radius 2 is 2.36 bits per heavy atom. The number of benzene rings is 1. The summed E-state index contributed by atoms with van der Waals surface area (Å²) in [6.07, 6.45) is 1.81. The van der Waals surface area contributed by atoms with Gasteiger partial charge >= 0.3 is 0 Å². The molecule has 1 aromatic carbocycles. The Balaban J connectivity index is 2.43. The standard InChI is InChI=1S/C11H13ClFN/c1-2-7-6-11(7,14)10-8(12)4-3-5-9(10)13/h3-5,7H,2,6,14H2,1H3. The van der Waals surface area contributed by atoms with Gasteiger partial charge < -0.3 is 5.73 Å². The molecule has 76 valence electrons. The molecule has 14 heavy (non-hydrogen) atoms. The van der Waals surface area contributed by atoms with Crippen LogP contribution in [-0.2, 0) is 5.54 Å². The summed E-state index contributed by atoms with van der Waals surface area (Å²) in [5.74, 6) is 0.0906. The lowest BCUT2D eigenvalue weighted by molar-refractivity contribution is 0.546. The highest BCUT2D eigenvalue weighted by molar-refractivity contribution is 6.31. The molecule has 0 bridgehead atoms. The van der Waals surface area contributed by atoms with Crippen LogP contribution >= 0.6 is 11.6 Å². The Hall–Kier alpha value is -0.600. The average Bonchev–Trinajstić information content (AvgIpc) is 2.77. The molecule has 0 amide bonds. The summed E-state index contributed by atoms with van der Waals surface area (Å²) in [5.41, 5.74) is 6.08. The van der Waals surface area contributed by atoms with E-state index in [1.165, 1.54) is 6.07 Å². The maximum absolute atomic E-state index is 13.5. The highest BCUT2D eigenvalue weighted by Crippen LogP contribution is 2.53. The molecule has 1 aromatic rings. The molecule has 1 fully saturated rings. The van der Waals surface area contributed by atoms with Crippen LogP contribution in [0.4, 0.5) is 4.39 Å². The zero-order valence-electron chi connectivity index (χ0n) is 8.06. The summed E-state index contributed by atoms with van der Waals surface area (Å²) >= 11 is 5.96. The molecule has 0 saturated heterocycles. The molecule has 2 N–H and O–H groups in total. The van der Waals surface area contributed by atoms with E-state index in [0.717, 1.165) is 12.8 Å². The smallest absolute Gasteiger partial charge is 0.129 e. The predicted molar refractivity (Wildman–Crippen MR) is 55.7 cm³/mol. The van der Waals surface area contributed by atoms with Gasteiger partial charge in [-0.2, -0.15) is 0 Å². The van der Waals surface area contributed by atoms with Crippen molar-refractivity contribution in [3.05, 3.63) is 34.6 Å². The summed E-state index contributed by atoms with van der Waals surface area (Å²) in [6, 6.07) is 4.72. The van der Waals surface area contributed by atoms with E-state index < -0.39 is 5.54 Å². The maximum Gasteiger partial charge on any atom is 0.129 e. The third kappa shape index (κ3) is 1.33. The fourth-order valence-electron chi connectivity index (χ4n) is 2.11. The lowest BCUT2D eigenvalue weighted by Gasteiger charge is -2.14. The Labute approximate surface area is 88.1 Å². The van der Waals surface area contributed by atoms with E-state index in [2.05, 4.69) is 6.92 Å². The van der Waals surface area contributed by atoms with Crippen molar-refractivity contribution in [3.8, 4) is 0 Å². The minimum Gasteiger partial charge on any atom is -0.321 e. The van der Waals surface area contributed by atoms with Gasteiger partial charge in [-0.1, -0.05) is 31.0 Å². The van der Waals surface area contributed by atoms with Crippen LogP contribution in [0.2, 0.25) is 5.02 Å². The van der Waals surface area contributed by atoms with Crippen LogP contribution in [-0.4, -0.2) is 0 Å². The first kappa shape index (κ1) is 9.94. The van der Waals surface area contributed by atoms with E-state index in [0.29, 0.717) is 16.5 Å². The largest absolute Gasteiger partial charge is 0.321 e. The van der Waals surface area contributed by atoms with Crippen molar-refractivity contribution in [2.24, 2.45) is 11.7 Å². The van der Waals surface area contributed by atoms with Crippen molar-refractivity contribution < 1.29 is 4.39 Å². The Bertz CT molecular complexity index is 346. The zero-order chi connectivity index (χ0) is 10.3. The monoisotopic (exact) mass is 213 g/mol. The number of rotatable bonds is 2. The van der Waals surface area contributed by atoms with Crippen LogP contribution in [0.25, 0.3) is 0 Å². The first-order valence-electron chi connectivity index (χ1n) is 4.83. The Morgan fingerprint density at radius 3 is 2.86 bits per heavy atom.